The number of thiophene rings is 2. The van der Waals surface area contributed by atoms with Crippen molar-refractivity contribution in [2.75, 3.05) is 6.61 Å². The molecule has 114 valence electrons. The quantitative estimate of drug-likeness (QED) is 0.744. The molecule has 0 aliphatic heterocycles. The third kappa shape index (κ3) is 2.69. The molecular weight excluding hydrogens is 320 g/mol. The van der Waals surface area contributed by atoms with Gasteiger partial charge >= 0.3 is 5.97 Å². The summed E-state index contributed by atoms with van der Waals surface area (Å²) < 4.78 is 5.03. The number of ether oxygens (including phenoxy) is 1. The third-order valence-electron chi connectivity index (χ3n) is 3.23. The number of hydrogen-bond donors (Lipinski definition) is 1. The lowest BCUT2D eigenvalue weighted by Gasteiger charge is -1.99. The molecule has 0 atom stereocenters. The maximum absolute atomic E-state index is 12.3. The third-order valence-corrected chi connectivity index (χ3v) is 5.27. The van der Waals surface area contributed by atoms with E-state index < -0.39 is 5.97 Å². The summed E-state index contributed by atoms with van der Waals surface area (Å²) in [5, 5.41) is 2.46. The Kier molecular flexibility index (Phi) is 4.08. The smallest absolute Gasteiger partial charge is 0.348 e. The monoisotopic (exact) mass is 334 g/mol. The largest absolute Gasteiger partial charge is 0.462 e. The fourth-order valence-electron chi connectivity index (χ4n) is 2.24. The van der Waals surface area contributed by atoms with Crippen LogP contribution in [0.15, 0.2) is 22.3 Å². The van der Waals surface area contributed by atoms with Gasteiger partial charge in [0.15, 0.2) is 0 Å². The summed E-state index contributed by atoms with van der Waals surface area (Å²) in [7, 11) is 0. The zero-order valence-electron chi connectivity index (χ0n) is 12.1. The van der Waals surface area contributed by atoms with E-state index in [9.17, 15) is 9.59 Å². The predicted octanol–water partition coefficient (Wildman–Crippen LogP) is 3.12. The second kappa shape index (κ2) is 6.02. The second-order valence-electron chi connectivity index (χ2n) is 4.73. The van der Waals surface area contributed by atoms with Gasteiger partial charge in [0.2, 0.25) is 0 Å². The molecule has 1 N–H and O–H groups in total. The van der Waals surface area contributed by atoms with Gasteiger partial charge in [0.1, 0.15) is 15.5 Å². The van der Waals surface area contributed by atoms with E-state index in [-0.39, 0.29) is 5.56 Å². The van der Waals surface area contributed by atoms with Gasteiger partial charge in [-0.1, -0.05) is 6.07 Å². The molecule has 0 saturated carbocycles. The topological polar surface area (TPSA) is 72.0 Å². The van der Waals surface area contributed by atoms with Gasteiger partial charge in [0.25, 0.3) is 5.56 Å². The molecule has 0 aliphatic carbocycles. The summed E-state index contributed by atoms with van der Waals surface area (Å²) in [4.78, 5) is 33.7. The van der Waals surface area contributed by atoms with Crippen LogP contribution in [0.5, 0.6) is 0 Å². The van der Waals surface area contributed by atoms with Gasteiger partial charge in [0, 0.05) is 11.3 Å². The zero-order valence-corrected chi connectivity index (χ0v) is 13.8. The SMILES string of the molecule is CCOC(=O)c1sc2nc(Cc3cccs3)[nH]c(=O)c2c1C. The van der Waals surface area contributed by atoms with Crippen molar-refractivity contribution in [3.05, 3.63) is 49.0 Å². The van der Waals surface area contributed by atoms with Crippen LogP contribution in [0.25, 0.3) is 10.2 Å². The first kappa shape index (κ1) is 14.9. The Morgan fingerprint density at radius 3 is 2.95 bits per heavy atom. The number of rotatable bonds is 4. The Hall–Kier alpha value is -1.99. The Morgan fingerprint density at radius 1 is 1.45 bits per heavy atom. The molecular formula is C15H14N2O3S2. The van der Waals surface area contributed by atoms with E-state index in [0.717, 1.165) is 4.88 Å². The number of hydrogen-bond acceptors (Lipinski definition) is 6. The highest BCUT2D eigenvalue weighted by atomic mass is 32.1. The van der Waals surface area contributed by atoms with Gasteiger partial charge in [0.05, 0.1) is 12.0 Å². The summed E-state index contributed by atoms with van der Waals surface area (Å²) in [5.41, 5.74) is 0.427. The molecule has 0 spiro atoms. The zero-order chi connectivity index (χ0) is 15.7. The molecule has 7 heteroatoms. The number of aryl methyl sites for hydroxylation is 1. The molecule has 0 amide bonds. The molecule has 0 fully saturated rings. The highest BCUT2D eigenvalue weighted by molar-refractivity contribution is 7.20. The second-order valence-corrected chi connectivity index (χ2v) is 6.76. The average Bonchev–Trinajstić information content (AvgIpc) is 3.07. The van der Waals surface area contributed by atoms with Gasteiger partial charge < -0.3 is 9.72 Å². The number of aromatic amines is 1. The van der Waals surface area contributed by atoms with E-state index in [0.29, 0.717) is 39.5 Å². The van der Waals surface area contributed by atoms with Crippen molar-refractivity contribution in [3.63, 3.8) is 0 Å². The number of carbonyl (C=O) groups excluding carboxylic acids is 1. The lowest BCUT2D eigenvalue weighted by Crippen LogP contribution is -2.12. The molecule has 22 heavy (non-hydrogen) atoms. The lowest BCUT2D eigenvalue weighted by molar-refractivity contribution is 0.0531. The number of nitrogens with zero attached hydrogens (tertiary/aromatic N) is 1. The van der Waals surface area contributed by atoms with Crippen LogP contribution in [0.4, 0.5) is 0 Å². The molecule has 3 aromatic rings. The van der Waals surface area contributed by atoms with Crippen molar-refractivity contribution in [1.82, 2.24) is 9.97 Å². The average molecular weight is 334 g/mol. The lowest BCUT2D eigenvalue weighted by atomic mass is 10.2. The van der Waals surface area contributed by atoms with Crippen LogP contribution < -0.4 is 5.56 Å². The molecule has 0 aliphatic rings. The first-order valence-electron chi connectivity index (χ1n) is 6.82. The van der Waals surface area contributed by atoms with E-state index in [1.165, 1.54) is 11.3 Å². The van der Waals surface area contributed by atoms with E-state index in [1.807, 2.05) is 17.5 Å². The van der Waals surface area contributed by atoms with Crippen LogP contribution in [0.2, 0.25) is 0 Å². The van der Waals surface area contributed by atoms with E-state index in [2.05, 4.69) is 9.97 Å². The van der Waals surface area contributed by atoms with Gasteiger partial charge in [-0.15, -0.1) is 22.7 Å². The molecule has 3 heterocycles. The van der Waals surface area contributed by atoms with Crippen LogP contribution in [-0.2, 0) is 11.2 Å². The summed E-state index contributed by atoms with van der Waals surface area (Å²) in [5.74, 6) is 0.207. The van der Waals surface area contributed by atoms with E-state index >= 15 is 0 Å². The molecule has 0 saturated heterocycles. The highest BCUT2D eigenvalue weighted by Gasteiger charge is 2.20. The Balaban J connectivity index is 2.06. The first-order chi connectivity index (χ1) is 10.6. The van der Waals surface area contributed by atoms with Crippen LogP contribution in [0.1, 0.15) is 32.9 Å². The molecule has 0 bridgehead atoms. The Labute approximate surface area is 134 Å². The predicted molar refractivity (Wildman–Crippen MR) is 88.1 cm³/mol. The van der Waals surface area contributed by atoms with Crippen molar-refractivity contribution >= 4 is 38.9 Å². The minimum Gasteiger partial charge on any atom is -0.462 e. The van der Waals surface area contributed by atoms with Crippen molar-refractivity contribution in [1.29, 1.82) is 0 Å². The number of aromatic nitrogens is 2. The van der Waals surface area contributed by atoms with Crippen molar-refractivity contribution < 1.29 is 9.53 Å². The molecule has 0 radical (unpaired) electrons. The van der Waals surface area contributed by atoms with Crippen molar-refractivity contribution in [3.8, 4) is 0 Å². The maximum atomic E-state index is 12.3. The first-order valence-corrected chi connectivity index (χ1v) is 8.51. The summed E-state index contributed by atoms with van der Waals surface area (Å²) >= 11 is 2.83. The van der Waals surface area contributed by atoms with Crippen molar-refractivity contribution in [2.24, 2.45) is 0 Å². The van der Waals surface area contributed by atoms with E-state index in [1.54, 1.807) is 25.2 Å². The molecule has 0 aromatic carbocycles. The highest BCUT2D eigenvalue weighted by Crippen LogP contribution is 2.28. The number of fused-ring (bicyclic) bond motifs is 1. The standard InChI is InChI=1S/C15H14N2O3S2/c1-3-20-15(19)12-8(2)11-13(18)16-10(17-14(11)22-12)7-9-5-4-6-21-9/h4-6H,3,7H2,1-2H3,(H,16,17,18). The molecule has 3 aromatic heterocycles. The van der Waals surface area contributed by atoms with Crippen molar-refractivity contribution in [2.45, 2.75) is 20.3 Å². The van der Waals surface area contributed by atoms with Crippen LogP contribution >= 0.6 is 22.7 Å². The summed E-state index contributed by atoms with van der Waals surface area (Å²) in [6, 6.07) is 3.96. The maximum Gasteiger partial charge on any atom is 0.348 e. The minimum absolute atomic E-state index is 0.208. The molecule has 3 rings (SSSR count). The number of nitrogens with one attached hydrogen (secondary N) is 1. The molecule has 0 unspecified atom stereocenters. The van der Waals surface area contributed by atoms with Gasteiger partial charge in [-0.2, -0.15) is 0 Å². The van der Waals surface area contributed by atoms with Gasteiger partial charge in [-0.3, -0.25) is 4.79 Å². The summed E-state index contributed by atoms with van der Waals surface area (Å²) in [6.07, 6.45) is 0.578. The number of carbonyl (C=O) groups is 1. The fraction of sp³-hybridized carbons (Fsp3) is 0.267. The van der Waals surface area contributed by atoms with Gasteiger partial charge in [-0.05, 0) is 30.9 Å². The summed E-state index contributed by atoms with van der Waals surface area (Å²) in [6.45, 7) is 3.81. The Bertz CT molecular complexity index is 878. The number of esters is 1. The Morgan fingerprint density at radius 2 is 2.27 bits per heavy atom. The minimum atomic E-state index is -0.401. The normalized spacial score (nSPS) is 11.0. The molecule has 5 nitrogen and oxygen atoms in total. The van der Waals surface area contributed by atoms with Gasteiger partial charge in [-0.25, -0.2) is 9.78 Å². The number of H-pyrrole nitrogens is 1. The van der Waals surface area contributed by atoms with Crippen LogP contribution in [0.3, 0.4) is 0 Å². The van der Waals surface area contributed by atoms with Crippen LogP contribution in [0, 0.1) is 6.92 Å². The fourth-order valence-corrected chi connectivity index (χ4v) is 4.05. The van der Waals surface area contributed by atoms with E-state index in [4.69, 9.17) is 4.74 Å². The van der Waals surface area contributed by atoms with Crippen LogP contribution in [-0.4, -0.2) is 22.5 Å².